The van der Waals surface area contributed by atoms with Gasteiger partial charge in [0.15, 0.2) is 0 Å². The average Bonchev–Trinajstić information content (AvgIpc) is 3.46. The smallest absolute Gasteiger partial charge is 0.332 e. The fraction of sp³-hybridized carbons (Fsp3) is 0.542. The summed E-state index contributed by atoms with van der Waals surface area (Å²) >= 11 is 0. The summed E-state index contributed by atoms with van der Waals surface area (Å²) in [6.07, 6.45) is 5.28. The Bertz CT molecular complexity index is 1180. The van der Waals surface area contributed by atoms with Crippen LogP contribution in [0.3, 0.4) is 0 Å². The van der Waals surface area contributed by atoms with Crippen LogP contribution in [-0.2, 0) is 29.0 Å². The SMILES string of the molecule is CCCn1c(=O)c2c(n(CCOC)c1=O)N=C(c1ccc(NCCCN3CCCC3=O)nc1)C2. The Hall–Kier alpha value is -3.27. The summed E-state index contributed by atoms with van der Waals surface area (Å²) in [6, 6.07) is 3.81. The Morgan fingerprint density at radius 1 is 1.12 bits per heavy atom. The standard InChI is InChI=1S/C24H32N6O4/c1-3-10-30-23(32)18-15-19(27-22(18)29(24(30)33)13-14-34-2)17-7-8-20(26-16-17)25-9-5-12-28-11-4-6-21(28)31/h7-8,16H,3-6,9-15H2,1-2H3,(H,25,26). The number of rotatable bonds is 11. The zero-order valence-corrected chi connectivity index (χ0v) is 19.9. The number of hydrogen-bond donors (Lipinski definition) is 1. The highest BCUT2D eigenvalue weighted by Gasteiger charge is 2.26. The number of fused-ring (bicyclic) bond motifs is 1. The zero-order chi connectivity index (χ0) is 24.1. The minimum Gasteiger partial charge on any atom is -0.383 e. The van der Waals surface area contributed by atoms with E-state index < -0.39 is 0 Å². The second-order valence-corrected chi connectivity index (χ2v) is 8.62. The van der Waals surface area contributed by atoms with E-state index in [1.807, 2.05) is 24.0 Å². The molecule has 2 aromatic heterocycles. The zero-order valence-electron chi connectivity index (χ0n) is 19.9. The molecule has 2 aromatic rings. The van der Waals surface area contributed by atoms with Gasteiger partial charge in [0.05, 0.1) is 24.4 Å². The molecule has 4 heterocycles. The van der Waals surface area contributed by atoms with Crippen molar-refractivity contribution in [1.82, 2.24) is 19.0 Å². The molecule has 1 saturated heterocycles. The first-order valence-corrected chi connectivity index (χ1v) is 11.9. The summed E-state index contributed by atoms with van der Waals surface area (Å²) in [5, 5.41) is 3.29. The minimum absolute atomic E-state index is 0.245. The van der Waals surface area contributed by atoms with Crippen LogP contribution in [0.4, 0.5) is 11.6 Å². The molecule has 1 N–H and O–H groups in total. The number of aliphatic imine (C=N–C) groups is 1. The van der Waals surface area contributed by atoms with E-state index in [9.17, 15) is 14.4 Å². The van der Waals surface area contributed by atoms with Crippen molar-refractivity contribution in [2.24, 2.45) is 4.99 Å². The van der Waals surface area contributed by atoms with E-state index in [0.717, 1.165) is 49.6 Å². The molecule has 1 fully saturated rings. The van der Waals surface area contributed by atoms with Gasteiger partial charge in [0.2, 0.25) is 5.91 Å². The highest BCUT2D eigenvalue weighted by Crippen LogP contribution is 2.25. The van der Waals surface area contributed by atoms with Crippen molar-refractivity contribution < 1.29 is 9.53 Å². The molecular weight excluding hydrogens is 436 g/mol. The third kappa shape index (κ3) is 4.96. The van der Waals surface area contributed by atoms with Crippen molar-refractivity contribution in [2.75, 3.05) is 38.7 Å². The molecular formula is C24H32N6O4. The Morgan fingerprint density at radius 2 is 1.97 bits per heavy atom. The lowest BCUT2D eigenvalue weighted by molar-refractivity contribution is -0.127. The number of nitrogens with zero attached hydrogens (tertiary/aromatic N) is 5. The van der Waals surface area contributed by atoms with Gasteiger partial charge in [-0.25, -0.2) is 14.8 Å². The first-order chi connectivity index (χ1) is 16.5. The molecule has 0 unspecified atom stereocenters. The second kappa shape index (κ2) is 10.8. The van der Waals surface area contributed by atoms with Crippen LogP contribution in [-0.4, -0.2) is 64.0 Å². The Labute approximate surface area is 198 Å². The van der Waals surface area contributed by atoms with E-state index in [1.165, 1.54) is 9.13 Å². The maximum atomic E-state index is 13.0. The van der Waals surface area contributed by atoms with Gasteiger partial charge in [0.1, 0.15) is 11.6 Å². The van der Waals surface area contributed by atoms with Crippen molar-refractivity contribution in [3.05, 3.63) is 50.3 Å². The van der Waals surface area contributed by atoms with Crippen LogP contribution in [0.5, 0.6) is 0 Å². The van der Waals surface area contributed by atoms with Crippen molar-refractivity contribution in [2.45, 2.75) is 52.1 Å². The molecule has 0 aromatic carbocycles. The summed E-state index contributed by atoms with van der Waals surface area (Å²) in [4.78, 5) is 48.7. The summed E-state index contributed by atoms with van der Waals surface area (Å²) in [5.74, 6) is 1.41. The minimum atomic E-state index is -0.346. The number of anilines is 1. The number of aromatic nitrogens is 3. The molecule has 0 radical (unpaired) electrons. The molecule has 1 amide bonds. The number of likely N-dealkylation sites (tertiary alicyclic amines) is 1. The van der Waals surface area contributed by atoms with Crippen LogP contribution in [0, 0.1) is 0 Å². The highest BCUT2D eigenvalue weighted by atomic mass is 16.5. The largest absolute Gasteiger partial charge is 0.383 e. The summed E-state index contributed by atoms with van der Waals surface area (Å²) in [7, 11) is 1.58. The van der Waals surface area contributed by atoms with Crippen LogP contribution in [0.2, 0.25) is 0 Å². The molecule has 0 spiro atoms. The molecule has 2 aliphatic heterocycles. The van der Waals surface area contributed by atoms with E-state index in [4.69, 9.17) is 4.74 Å². The molecule has 4 rings (SSSR count). The monoisotopic (exact) mass is 468 g/mol. The third-order valence-corrected chi connectivity index (χ3v) is 6.22. The third-order valence-electron chi connectivity index (χ3n) is 6.22. The van der Waals surface area contributed by atoms with Gasteiger partial charge < -0.3 is 15.0 Å². The quantitative estimate of drug-likeness (QED) is 0.501. The molecule has 0 saturated carbocycles. The number of ether oxygens (including phenoxy) is 1. The van der Waals surface area contributed by atoms with Crippen LogP contribution in [0.1, 0.15) is 43.7 Å². The van der Waals surface area contributed by atoms with Gasteiger partial charge in [-0.1, -0.05) is 6.92 Å². The number of methoxy groups -OCH3 is 1. The summed E-state index contributed by atoms with van der Waals surface area (Å²) in [5.41, 5.74) is 1.46. The molecule has 10 nitrogen and oxygen atoms in total. The molecule has 34 heavy (non-hydrogen) atoms. The fourth-order valence-electron chi connectivity index (χ4n) is 4.43. The first kappa shape index (κ1) is 23.9. The first-order valence-electron chi connectivity index (χ1n) is 11.9. The van der Waals surface area contributed by atoms with E-state index in [-0.39, 0.29) is 17.2 Å². The topological polar surface area (TPSA) is 111 Å². The Morgan fingerprint density at radius 3 is 2.65 bits per heavy atom. The van der Waals surface area contributed by atoms with Crippen LogP contribution in [0.25, 0.3) is 0 Å². The molecule has 0 atom stereocenters. The average molecular weight is 469 g/mol. The number of amides is 1. The number of carbonyl (C=O) groups excluding carboxylic acids is 1. The van der Waals surface area contributed by atoms with Gasteiger partial charge in [0.25, 0.3) is 5.56 Å². The number of carbonyl (C=O) groups is 1. The lowest BCUT2D eigenvalue weighted by atomic mass is 10.1. The molecule has 10 heteroatoms. The van der Waals surface area contributed by atoms with Gasteiger partial charge in [0, 0.05) is 57.9 Å². The fourth-order valence-corrected chi connectivity index (χ4v) is 4.43. The lowest BCUT2D eigenvalue weighted by Crippen LogP contribution is -2.41. The maximum Gasteiger partial charge on any atom is 0.332 e. The van der Waals surface area contributed by atoms with Gasteiger partial charge in [-0.05, 0) is 31.4 Å². The lowest BCUT2D eigenvalue weighted by Gasteiger charge is -2.15. The summed E-state index contributed by atoms with van der Waals surface area (Å²) in [6.45, 7) is 5.36. The second-order valence-electron chi connectivity index (χ2n) is 8.62. The van der Waals surface area contributed by atoms with Crippen LogP contribution < -0.4 is 16.6 Å². The van der Waals surface area contributed by atoms with Crippen molar-refractivity contribution in [3.8, 4) is 0 Å². The molecule has 182 valence electrons. The highest BCUT2D eigenvalue weighted by molar-refractivity contribution is 6.05. The van der Waals surface area contributed by atoms with Crippen LogP contribution >= 0.6 is 0 Å². The normalized spacial score (nSPS) is 15.1. The number of nitrogens with one attached hydrogen (secondary N) is 1. The van der Waals surface area contributed by atoms with E-state index >= 15 is 0 Å². The van der Waals surface area contributed by atoms with Crippen LogP contribution in [0.15, 0.2) is 32.9 Å². The molecule has 0 bridgehead atoms. The number of pyridine rings is 1. The van der Waals surface area contributed by atoms with E-state index in [1.54, 1.807) is 13.3 Å². The van der Waals surface area contributed by atoms with Crippen molar-refractivity contribution in [3.63, 3.8) is 0 Å². The van der Waals surface area contributed by atoms with Gasteiger partial charge in [-0.3, -0.25) is 18.7 Å². The van der Waals surface area contributed by atoms with Gasteiger partial charge >= 0.3 is 5.69 Å². The maximum absolute atomic E-state index is 13.0. The van der Waals surface area contributed by atoms with E-state index in [0.29, 0.717) is 50.3 Å². The number of hydrogen-bond acceptors (Lipinski definition) is 7. The molecule has 0 aliphatic carbocycles. The van der Waals surface area contributed by atoms with Gasteiger partial charge in [-0.15, -0.1) is 0 Å². The van der Waals surface area contributed by atoms with Crippen molar-refractivity contribution >= 4 is 23.3 Å². The summed E-state index contributed by atoms with van der Waals surface area (Å²) < 4.78 is 8.00. The van der Waals surface area contributed by atoms with Gasteiger partial charge in [-0.2, -0.15) is 0 Å². The predicted octanol–water partition coefficient (Wildman–Crippen LogP) is 1.56. The molecule has 2 aliphatic rings. The van der Waals surface area contributed by atoms with E-state index in [2.05, 4.69) is 15.3 Å². The van der Waals surface area contributed by atoms with Crippen molar-refractivity contribution in [1.29, 1.82) is 0 Å². The Balaban J connectivity index is 1.46. The predicted molar refractivity (Wildman–Crippen MR) is 130 cm³/mol. The Kier molecular flexibility index (Phi) is 7.56.